The van der Waals surface area contributed by atoms with Crippen LogP contribution in [0.4, 0.5) is 13.2 Å². The second-order valence-electron chi connectivity index (χ2n) is 4.23. The number of hydrogen-bond acceptors (Lipinski definition) is 4. The molecule has 0 aliphatic heterocycles. The zero-order valence-corrected chi connectivity index (χ0v) is 13.9. The van der Waals surface area contributed by atoms with E-state index in [9.17, 15) is 13.2 Å². The Morgan fingerprint density at radius 1 is 1.33 bits per heavy atom. The number of alkyl halides is 3. The average molecular weight is 375 g/mol. The van der Waals surface area contributed by atoms with Crippen LogP contribution < -0.4 is 5.32 Å². The maximum Gasteiger partial charge on any atom is 0.443 e. The van der Waals surface area contributed by atoms with Crippen LogP contribution >= 0.6 is 45.9 Å². The lowest BCUT2D eigenvalue weighted by molar-refractivity contribution is -0.137. The van der Waals surface area contributed by atoms with Gasteiger partial charge in [0, 0.05) is 16.6 Å². The predicted molar refractivity (Wildman–Crippen MR) is 81.6 cm³/mol. The lowest BCUT2D eigenvalue weighted by atomic mass is 10.1. The molecule has 2 heterocycles. The third-order valence-corrected chi connectivity index (χ3v) is 5.27. The summed E-state index contributed by atoms with van der Waals surface area (Å²) in [6.45, 7) is 2.62. The molecular weight excluding hydrogens is 364 g/mol. The van der Waals surface area contributed by atoms with Gasteiger partial charge < -0.3 is 5.32 Å². The Morgan fingerprint density at radius 3 is 2.52 bits per heavy atom. The van der Waals surface area contributed by atoms with Crippen LogP contribution in [0, 0.1) is 0 Å². The van der Waals surface area contributed by atoms with Crippen molar-refractivity contribution < 1.29 is 13.2 Å². The minimum Gasteiger partial charge on any atom is -0.305 e. The molecule has 0 saturated carbocycles. The summed E-state index contributed by atoms with van der Waals surface area (Å²) in [4.78, 5) is 3.92. The van der Waals surface area contributed by atoms with Crippen LogP contribution in [0.1, 0.15) is 34.8 Å². The fourth-order valence-electron chi connectivity index (χ4n) is 1.75. The van der Waals surface area contributed by atoms with Crippen molar-refractivity contribution in [3.8, 4) is 0 Å². The smallest absolute Gasteiger partial charge is 0.305 e. The lowest BCUT2D eigenvalue weighted by Gasteiger charge is -2.16. The summed E-state index contributed by atoms with van der Waals surface area (Å²) in [5, 5.41) is 2.32. The first-order valence-electron chi connectivity index (χ1n) is 6.04. The van der Waals surface area contributed by atoms with E-state index >= 15 is 0 Å². The summed E-state index contributed by atoms with van der Waals surface area (Å²) >= 11 is 13.9. The van der Waals surface area contributed by atoms with E-state index in [1.165, 1.54) is 17.5 Å². The highest BCUT2D eigenvalue weighted by atomic mass is 35.5. The van der Waals surface area contributed by atoms with Crippen LogP contribution in [0.5, 0.6) is 0 Å². The van der Waals surface area contributed by atoms with Gasteiger partial charge in [-0.05, 0) is 19.0 Å². The molecule has 116 valence electrons. The standard InChI is InChI=1S/C12H11Cl2F3N2S2/c1-2-3-18-9(6-4-8(13)21-10(6)14)7-5-19-11(20-7)12(15,16)17/h4-5,9,18H,2-3H2,1H3. The quantitative estimate of drug-likeness (QED) is 0.734. The number of aromatic nitrogens is 1. The number of thiazole rings is 1. The van der Waals surface area contributed by atoms with E-state index < -0.39 is 17.2 Å². The molecule has 0 bridgehead atoms. The fourth-order valence-corrected chi connectivity index (χ4v) is 4.16. The number of rotatable bonds is 5. The average Bonchev–Trinajstić information content (AvgIpc) is 2.97. The molecule has 9 heteroatoms. The van der Waals surface area contributed by atoms with E-state index in [1.807, 2.05) is 6.92 Å². The van der Waals surface area contributed by atoms with Crippen molar-refractivity contribution in [2.45, 2.75) is 25.6 Å². The molecule has 2 aromatic rings. The Labute approximate surface area is 137 Å². The summed E-state index contributed by atoms with van der Waals surface area (Å²) in [7, 11) is 0. The van der Waals surface area contributed by atoms with Gasteiger partial charge in [0.2, 0.25) is 0 Å². The predicted octanol–water partition coefficient (Wildman–Crippen LogP) is 5.62. The van der Waals surface area contributed by atoms with Crippen molar-refractivity contribution in [3.63, 3.8) is 0 Å². The molecule has 1 unspecified atom stereocenters. The largest absolute Gasteiger partial charge is 0.443 e. The maximum absolute atomic E-state index is 12.7. The van der Waals surface area contributed by atoms with Gasteiger partial charge in [-0.3, -0.25) is 0 Å². The van der Waals surface area contributed by atoms with Gasteiger partial charge in [0.1, 0.15) is 0 Å². The molecule has 0 radical (unpaired) electrons. The maximum atomic E-state index is 12.7. The Bertz CT molecular complexity index is 610. The summed E-state index contributed by atoms with van der Waals surface area (Å²) in [6.07, 6.45) is -2.35. The summed E-state index contributed by atoms with van der Waals surface area (Å²) < 4.78 is 39.0. The Hall–Kier alpha value is -0.340. The van der Waals surface area contributed by atoms with E-state index in [-0.39, 0.29) is 0 Å². The molecular formula is C12H11Cl2F3N2S2. The Balaban J connectivity index is 2.36. The highest BCUT2D eigenvalue weighted by Crippen LogP contribution is 2.41. The van der Waals surface area contributed by atoms with Crippen LogP contribution in [-0.2, 0) is 6.18 Å². The molecule has 0 aliphatic carbocycles. The monoisotopic (exact) mass is 374 g/mol. The van der Waals surface area contributed by atoms with Crippen molar-refractivity contribution in [3.05, 3.63) is 36.4 Å². The zero-order chi connectivity index (χ0) is 15.6. The van der Waals surface area contributed by atoms with E-state index in [2.05, 4.69) is 10.3 Å². The Morgan fingerprint density at radius 2 is 2.05 bits per heavy atom. The van der Waals surface area contributed by atoms with Crippen molar-refractivity contribution in [1.29, 1.82) is 0 Å². The minimum absolute atomic E-state index is 0.435. The molecule has 1 N–H and O–H groups in total. The minimum atomic E-state index is -4.44. The summed E-state index contributed by atoms with van der Waals surface area (Å²) in [5.74, 6) is 0. The van der Waals surface area contributed by atoms with Crippen molar-refractivity contribution in [1.82, 2.24) is 10.3 Å². The third-order valence-electron chi connectivity index (χ3n) is 2.64. The molecule has 2 aromatic heterocycles. The second-order valence-corrected chi connectivity index (χ2v) is 7.58. The molecule has 0 spiro atoms. The summed E-state index contributed by atoms with van der Waals surface area (Å²) in [6, 6.07) is 1.24. The number of halogens is 5. The molecule has 2 rings (SSSR count). The van der Waals surface area contributed by atoms with Crippen LogP contribution in [-0.4, -0.2) is 11.5 Å². The zero-order valence-electron chi connectivity index (χ0n) is 10.8. The van der Waals surface area contributed by atoms with Gasteiger partial charge >= 0.3 is 6.18 Å². The van der Waals surface area contributed by atoms with Crippen molar-refractivity contribution >= 4 is 45.9 Å². The molecule has 0 saturated heterocycles. The highest BCUT2D eigenvalue weighted by molar-refractivity contribution is 7.20. The van der Waals surface area contributed by atoms with Crippen LogP contribution in [0.2, 0.25) is 8.67 Å². The molecule has 21 heavy (non-hydrogen) atoms. The summed E-state index contributed by atoms with van der Waals surface area (Å²) in [5.41, 5.74) is 0.678. The van der Waals surface area contributed by atoms with E-state index in [4.69, 9.17) is 23.2 Å². The number of hydrogen-bond donors (Lipinski definition) is 1. The van der Waals surface area contributed by atoms with Gasteiger partial charge in [-0.15, -0.1) is 22.7 Å². The molecule has 0 aliphatic rings. The van der Waals surface area contributed by atoms with Gasteiger partial charge in [0.15, 0.2) is 5.01 Å². The molecule has 1 atom stereocenters. The van der Waals surface area contributed by atoms with Gasteiger partial charge in [0.25, 0.3) is 0 Å². The first kappa shape index (κ1) is 17.0. The third kappa shape index (κ3) is 4.10. The second kappa shape index (κ2) is 6.83. The lowest BCUT2D eigenvalue weighted by Crippen LogP contribution is -2.22. The topological polar surface area (TPSA) is 24.9 Å². The first-order chi connectivity index (χ1) is 9.82. The van der Waals surface area contributed by atoms with Gasteiger partial charge in [-0.25, -0.2) is 4.98 Å². The van der Waals surface area contributed by atoms with Gasteiger partial charge in [-0.2, -0.15) is 13.2 Å². The normalized spacial score (nSPS) is 13.6. The fraction of sp³-hybridized carbons (Fsp3) is 0.417. The number of nitrogens with one attached hydrogen (secondary N) is 1. The van der Waals surface area contributed by atoms with E-state index in [1.54, 1.807) is 6.07 Å². The van der Waals surface area contributed by atoms with Crippen LogP contribution in [0.15, 0.2) is 12.3 Å². The highest BCUT2D eigenvalue weighted by Gasteiger charge is 2.35. The Kier molecular flexibility index (Phi) is 5.54. The number of thiophene rings is 1. The first-order valence-corrected chi connectivity index (χ1v) is 8.42. The van der Waals surface area contributed by atoms with E-state index in [0.717, 1.165) is 6.42 Å². The van der Waals surface area contributed by atoms with Gasteiger partial charge in [0.05, 0.1) is 14.7 Å². The molecule has 0 fully saturated rings. The van der Waals surface area contributed by atoms with Crippen LogP contribution in [0.3, 0.4) is 0 Å². The molecule has 0 aromatic carbocycles. The van der Waals surface area contributed by atoms with Crippen LogP contribution in [0.25, 0.3) is 0 Å². The molecule has 2 nitrogen and oxygen atoms in total. The SMILES string of the molecule is CCCNC(c1cnc(C(F)(F)F)s1)c1cc(Cl)sc1Cl. The number of nitrogens with zero attached hydrogens (tertiary/aromatic N) is 1. The van der Waals surface area contributed by atoms with Gasteiger partial charge in [-0.1, -0.05) is 30.1 Å². The molecule has 0 amide bonds. The van der Waals surface area contributed by atoms with E-state index in [0.29, 0.717) is 37.0 Å². The van der Waals surface area contributed by atoms with Crippen molar-refractivity contribution in [2.75, 3.05) is 6.54 Å². The van der Waals surface area contributed by atoms with Crippen molar-refractivity contribution in [2.24, 2.45) is 0 Å².